The third-order valence-corrected chi connectivity index (χ3v) is 6.15. The molecule has 0 saturated carbocycles. The summed E-state index contributed by atoms with van der Waals surface area (Å²) in [7, 11) is 0. The van der Waals surface area contributed by atoms with Crippen LogP contribution in [0.5, 0.6) is 11.5 Å². The molecule has 5 rings (SSSR count). The van der Waals surface area contributed by atoms with Gasteiger partial charge in [0.1, 0.15) is 11.5 Å². The van der Waals surface area contributed by atoms with E-state index in [0.29, 0.717) is 25.3 Å². The van der Waals surface area contributed by atoms with Crippen molar-refractivity contribution in [1.29, 1.82) is 0 Å². The molecule has 2 aromatic carbocycles. The number of carbonyl (C=O) groups excluding carboxylic acids is 1. The lowest BCUT2D eigenvalue weighted by molar-refractivity contribution is -0.116. The third kappa shape index (κ3) is 3.28. The highest BCUT2D eigenvalue weighted by Gasteiger charge is 2.42. The lowest BCUT2D eigenvalue weighted by atomic mass is 9.72. The zero-order chi connectivity index (χ0) is 21.5. The fourth-order valence-corrected chi connectivity index (χ4v) is 4.77. The van der Waals surface area contributed by atoms with Crippen LogP contribution in [-0.4, -0.2) is 22.7 Å². The third-order valence-electron chi connectivity index (χ3n) is 6.15. The molecule has 1 aliphatic carbocycles. The molecule has 0 spiro atoms. The van der Waals surface area contributed by atoms with Crippen molar-refractivity contribution in [3.05, 3.63) is 82.2 Å². The first-order valence-electron chi connectivity index (χ1n) is 10.6. The Kier molecular flexibility index (Phi) is 4.77. The van der Waals surface area contributed by atoms with Crippen LogP contribution in [0, 0.1) is 6.92 Å². The Bertz CT molecular complexity index is 1180. The number of phenols is 1. The molecule has 3 aromatic rings. The van der Waals surface area contributed by atoms with Gasteiger partial charge in [-0.3, -0.25) is 4.79 Å². The molecule has 31 heavy (non-hydrogen) atoms. The van der Waals surface area contributed by atoms with Gasteiger partial charge >= 0.3 is 0 Å². The molecule has 2 atom stereocenters. The van der Waals surface area contributed by atoms with Gasteiger partial charge in [0.15, 0.2) is 5.78 Å². The number of ketones is 1. The first kappa shape index (κ1) is 19.4. The summed E-state index contributed by atoms with van der Waals surface area (Å²) in [6, 6.07) is 15.0. The summed E-state index contributed by atoms with van der Waals surface area (Å²) in [6.45, 7) is 4.40. The number of ether oxygens (including phenoxy) is 1. The number of anilines is 1. The number of phenolic OH excluding ortho intramolecular Hbond substituents is 1. The Morgan fingerprint density at radius 1 is 1.16 bits per heavy atom. The highest BCUT2D eigenvalue weighted by Crippen LogP contribution is 2.50. The van der Waals surface area contributed by atoms with Crippen LogP contribution in [0.4, 0.5) is 5.88 Å². The number of Topliss-reactive ketones (excluding diaryl/α,β-unsaturated/α-hetero) is 1. The van der Waals surface area contributed by atoms with E-state index in [2.05, 4.69) is 10.5 Å². The van der Waals surface area contributed by atoms with E-state index < -0.39 is 0 Å². The summed E-state index contributed by atoms with van der Waals surface area (Å²) in [5.41, 5.74) is 5.27. The van der Waals surface area contributed by atoms with Crippen molar-refractivity contribution in [2.45, 2.75) is 38.5 Å². The van der Waals surface area contributed by atoms with E-state index in [4.69, 9.17) is 9.26 Å². The number of rotatable bonds is 4. The van der Waals surface area contributed by atoms with Gasteiger partial charge < -0.3 is 19.7 Å². The van der Waals surface area contributed by atoms with E-state index >= 15 is 0 Å². The van der Waals surface area contributed by atoms with Crippen molar-refractivity contribution >= 4 is 11.7 Å². The molecule has 6 heteroatoms. The molecule has 0 fully saturated rings. The monoisotopic (exact) mass is 416 g/mol. The lowest BCUT2D eigenvalue weighted by Crippen LogP contribution is -2.29. The SMILES string of the molecule is CCOc1ccccc1[C@@H]1C2=C(C[C@@H](c3ccc(O)cc3)CC2=O)Nc2onc(C)c21. The maximum Gasteiger partial charge on any atom is 0.233 e. The molecular weight excluding hydrogens is 392 g/mol. The summed E-state index contributed by atoms with van der Waals surface area (Å²) in [6.07, 6.45) is 1.09. The van der Waals surface area contributed by atoms with Crippen molar-refractivity contribution in [2.75, 3.05) is 11.9 Å². The van der Waals surface area contributed by atoms with E-state index in [1.165, 1.54) is 0 Å². The Morgan fingerprint density at radius 3 is 2.71 bits per heavy atom. The van der Waals surface area contributed by atoms with Crippen LogP contribution in [0.2, 0.25) is 0 Å². The number of carbonyl (C=O) groups is 1. The smallest absolute Gasteiger partial charge is 0.233 e. The van der Waals surface area contributed by atoms with Gasteiger partial charge in [-0.05, 0) is 49.9 Å². The van der Waals surface area contributed by atoms with Gasteiger partial charge in [-0.25, -0.2) is 0 Å². The molecule has 0 unspecified atom stereocenters. The van der Waals surface area contributed by atoms with Crippen LogP contribution < -0.4 is 10.1 Å². The number of para-hydroxylation sites is 1. The number of nitrogens with one attached hydrogen (secondary N) is 1. The van der Waals surface area contributed by atoms with Crippen molar-refractivity contribution in [2.24, 2.45) is 0 Å². The number of benzene rings is 2. The van der Waals surface area contributed by atoms with Crippen molar-refractivity contribution in [3.63, 3.8) is 0 Å². The number of aromatic hydroxyl groups is 1. The van der Waals surface area contributed by atoms with Gasteiger partial charge in [0.05, 0.1) is 23.8 Å². The van der Waals surface area contributed by atoms with Crippen LogP contribution >= 0.6 is 0 Å². The minimum atomic E-state index is -0.284. The molecule has 0 saturated heterocycles. The van der Waals surface area contributed by atoms with E-state index in [1.807, 2.05) is 50.2 Å². The largest absolute Gasteiger partial charge is 0.508 e. The van der Waals surface area contributed by atoms with Gasteiger partial charge in [0, 0.05) is 23.3 Å². The fourth-order valence-electron chi connectivity index (χ4n) is 4.77. The van der Waals surface area contributed by atoms with Crippen LogP contribution in [0.15, 0.2) is 64.3 Å². The van der Waals surface area contributed by atoms with Crippen LogP contribution in [0.1, 0.15) is 54.0 Å². The van der Waals surface area contributed by atoms with Crippen LogP contribution in [-0.2, 0) is 4.79 Å². The second-order valence-corrected chi connectivity index (χ2v) is 8.05. The molecule has 1 aliphatic heterocycles. The zero-order valence-electron chi connectivity index (χ0n) is 17.5. The molecule has 158 valence electrons. The van der Waals surface area contributed by atoms with Gasteiger partial charge in [-0.15, -0.1) is 0 Å². The van der Waals surface area contributed by atoms with E-state index in [-0.39, 0.29) is 23.4 Å². The number of aryl methyl sites for hydroxylation is 1. The quantitative estimate of drug-likeness (QED) is 0.619. The van der Waals surface area contributed by atoms with Crippen LogP contribution in [0.3, 0.4) is 0 Å². The first-order valence-corrected chi connectivity index (χ1v) is 10.6. The summed E-state index contributed by atoms with van der Waals surface area (Å²) in [5.74, 6) is 1.43. The molecule has 2 N–H and O–H groups in total. The number of nitrogens with zero attached hydrogens (tertiary/aromatic N) is 1. The molecule has 2 heterocycles. The Morgan fingerprint density at radius 2 is 1.94 bits per heavy atom. The number of allylic oxidation sites excluding steroid dienone is 2. The minimum Gasteiger partial charge on any atom is -0.508 e. The highest BCUT2D eigenvalue weighted by atomic mass is 16.5. The molecular formula is C25H24N2O4. The predicted molar refractivity (Wildman–Crippen MR) is 116 cm³/mol. The minimum absolute atomic E-state index is 0.0349. The molecule has 0 bridgehead atoms. The molecule has 0 radical (unpaired) electrons. The summed E-state index contributed by atoms with van der Waals surface area (Å²) < 4.78 is 11.5. The summed E-state index contributed by atoms with van der Waals surface area (Å²) in [5, 5.41) is 17.1. The summed E-state index contributed by atoms with van der Waals surface area (Å²) in [4.78, 5) is 13.5. The van der Waals surface area contributed by atoms with Crippen molar-refractivity contribution in [1.82, 2.24) is 5.16 Å². The molecule has 1 aromatic heterocycles. The van der Waals surface area contributed by atoms with Crippen LogP contribution in [0.25, 0.3) is 0 Å². The topological polar surface area (TPSA) is 84.6 Å². The Hall–Kier alpha value is -3.54. The van der Waals surface area contributed by atoms with Gasteiger partial charge in [0.25, 0.3) is 0 Å². The average Bonchev–Trinajstić information content (AvgIpc) is 3.14. The first-order chi connectivity index (χ1) is 15.1. The maximum atomic E-state index is 13.5. The second kappa shape index (κ2) is 7.61. The molecule has 6 nitrogen and oxygen atoms in total. The standard InChI is InChI=1S/C25H24N2O4/c1-3-30-21-7-5-4-6-18(21)23-22-14(2)27-31-25(22)26-19-12-16(13-20(29)24(19)23)15-8-10-17(28)11-9-15/h4-11,16,23,26,28H,3,12-13H2,1-2H3/t16-,23+/m1/s1. The fraction of sp³-hybridized carbons (Fsp3) is 0.280. The maximum absolute atomic E-state index is 13.5. The predicted octanol–water partition coefficient (Wildman–Crippen LogP) is 5.05. The number of hydrogen-bond donors (Lipinski definition) is 2. The van der Waals surface area contributed by atoms with Crippen molar-refractivity contribution < 1.29 is 19.2 Å². The molecule has 0 amide bonds. The molecule has 2 aliphatic rings. The van der Waals surface area contributed by atoms with Gasteiger partial charge in [-0.1, -0.05) is 35.5 Å². The Balaban J connectivity index is 1.63. The van der Waals surface area contributed by atoms with Crippen molar-refractivity contribution in [3.8, 4) is 11.5 Å². The highest BCUT2D eigenvalue weighted by molar-refractivity contribution is 6.01. The summed E-state index contributed by atoms with van der Waals surface area (Å²) >= 11 is 0. The number of hydrogen-bond acceptors (Lipinski definition) is 6. The zero-order valence-corrected chi connectivity index (χ0v) is 17.5. The number of fused-ring (bicyclic) bond motifs is 1. The number of aromatic nitrogens is 1. The average molecular weight is 416 g/mol. The normalized spacial score (nSPS) is 20.1. The van der Waals surface area contributed by atoms with E-state index in [1.54, 1.807) is 12.1 Å². The Labute approximate surface area is 180 Å². The van der Waals surface area contributed by atoms with E-state index in [9.17, 15) is 9.90 Å². The van der Waals surface area contributed by atoms with E-state index in [0.717, 1.165) is 39.4 Å². The van der Waals surface area contributed by atoms with Gasteiger partial charge in [0.2, 0.25) is 5.88 Å². The second-order valence-electron chi connectivity index (χ2n) is 8.05. The van der Waals surface area contributed by atoms with Gasteiger partial charge in [-0.2, -0.15) is 0 Å². The lowest BCUT2D eigenvalue weighted by Gasteiger charge is -2.35.